The highest BCUT2D eigenvalue weighted by Crippen LogP contribution is 2.28. The lowest BCUT2D eigenvalue weighted by Gasteiger charge is -2.14. The van der Waals surface area contributed by atoms with E-state index in [4.69, 9.17) is 10.5 Å². The number of hydrogen-bond acceptors (Lipinski definition) is 5. The van der Waals surface area contributed by atoms with E-state index in [0.717, 1.165) is 11.4 Å². The number of hydrogen-bond donors (Lipinski definition) is 2. The summed E-state index contributed by atoms with van der Waals surface area (Å²) in [7, 11) is 0. The second-order valence-corrected chi connectivity index (χ2v) is 5.35. The van der Waals surface area contributed by atoms with Gasteiger partial charge in [-0.15, -0.1) is 11.8 Å². The van der Waals surface area contributed by atoms with Crippen molar-refractivity contribution in [1.29, 1.82) is 0 Å². The zero-order chi connectivity index (χ0) is 12.8. The summed E-state index contributed by atoms with van der Waals surface area (Å²) >= 11 is 1.51. The summed E-state index contributed by atoms with van der Waals surface area (Å²) < 4.78 is 5.46. The first kappa shape index (κ1) is 14.1. The number of thioether (sulfide) groups is 1. The normalized spacial score (nSPS) is 14.4. The molecule has 0 aliphatic heterocycles. The number of pyridine rings is 1. The number of rotatable bonds is 6. The van der Waals surface area contributed by atoms with Crippen molar-refractivity contribution in [3.05, 3.63) is 12.1 Å². The Hall–Kier alpha value is -0.940. The van der Waals surface area contributed by atoms with Crippen LogP contribution in [0.3, 0.4) is 0 Å². The van der Waals surface area contributed by atoms with Crippen molar-refractivity contribution in [2.75, 3.05) is 12.3 Å². The Bertz CT molecular complexity index is 358. The van der Waals surface area contributed by atoms with E-state index in [0.29, 0.717) is 18.2 Å². The lowest BCUT2D eigenvalue weighted by molar-refractivity contribution is 0.196. The molecule has 3 N–H and O–H groups in total. The molecule has 1 aromatic rings. The molecule has 0 bridgehead atoms. The van der Waals surface area contributed by atoms with E-state index in [1.165, 1.54) is 11.8 Å². The lowest BCUT2D eigenvalue weighted by atomic mass is 10.3. The molecule has 0 fully saturated rings. The van der Waals surface area contributed by atoms with Crippen LogP contribution < -0.4 is 10.5 Å². The van der Waals surface area contributed by atoms with Gasteiger partial charge < -0.3 is 15.6 Å². The number of aromatic nitrogens is 1. The van der Waals surface area contributed by atoms with E-state index in [9.17, 15) is 5.11 Å². The smallest absolute Gasteiger partial charge is 0.238 e. The third kappa shape index (κ3) is 4.44. The molecule has 0 saturated heterocycles. The maximum atomic E-state index is 9.44. The van der Waals surface area contributed by atoms with Gasteiger partial charge in [-0.25, -0.2) is 4.98 Å². The second kappa shape index (κ2) is 6.71. The molecular weight excluding hydrogens is 236 g/mol. The topological polar surface area (TPSA) is 68.4 Å². The van der Waals surface area contributed by atoms with Crippen LogP contribution in [0.1, 0.15) is 27.2 Å². The van der Waals surface area contributed by atoms with Crippen LogP contribution in [-0.4, -0.2) is 28.1 Å². The third-order valence-electron chi connectivity index (χ3n) is 2.29. The molecule has 0 saturated carbocycles. The minimum absolute atomic E-state index is 0.0881. The maximum Gasteiger partial charge on any atom is 0.238 e. The Morgan fingerprint density at radius 3 is 2.76 bits per heavy atom. The molecule has 0 aromatic carbocycles. The summed E-state index contributed by atoms with van der Waals surface area (Å²) in [6.07, 6.45) is 0.544. The largest absolute Gasteiger partial charge is 0.476 e. The summed E-state index contributed by atoms with van der Waals surface area (Å²) in [5.41, 5.74) is 6.32. The predicted octanol–water partition coefficient (Wildman–Crippen LogP) is 2.31. The maximum absolute atomic E-state index is 9.44. The van der Waals surface area contributed by atoms with Gasteiger partial charge in [0.2, 0.25) is 5.88 Å². The fourth-order valence-electron chi connectivity index (χ4n) is 1.10. The van der Waals surface area contributed by atoms with Crippen LogP contribution in [0.5, 0.6) is 5.88 Å². The Morgan fingerprint density at radius 1 is 1.47 bits per heavy atom. The van der Waals surface area contributed by atoms with E-state index in [-0.39, 0.29) is 11.4 Å². The second-order valence-electron chi connectivity index (χ2n) is 3.96. The molecule has 17 heavy (non-hydrogen) atoms. The molecule has 1 aromatic heterocycles. The Morgan fingerprint density at radius 2 is 2.18 bits per heavy atom. The third-order valence-corrected chi connectivity index (χ3v) is 3.53. The minimum Gasteiger partial charge on any atom is -0.476 e. The van der Waals surface area contributed by atoms with Crippen LogP contribution in [0.25, 0.3) is 0 Å². The summed E-state index contributed by atoms with van der Waals surface area (Å²) in [6, 6.07) is 3.63. The van der Waals surface area contributed by atoms with Crippen LogP contribution >= 0.6 is 11.8 Å². The first-order chi connectivity index (χ1) is 8.04. The van der Waals surface area contributed by atoms with Crippen molar-refractivity contribution < 1.29 is 9.84 Å². The van der Waals surface area contributed by atoms with E-state index < -0.39 is 0 Å². The van der Waals surface area contributed by atoms with Crippen molar-refractivity contribution in [2.24, 2.45) is 0 Å². The number of nitrogens with two attached hydrogens (primary N) is 1. The van der Waals surface area contributed by atoms with Crippen LogP contribution in [0.4, 0.5) is 5.69 Å². The van der Waals surface area contributed by atoms with Crippen molar-refractivity contribution in [3.8, 4) is 5.88 Å². The fourth-order valence-corrected chi connectivity index (χ4v) is 1.96. The average Bonchev–Trinajstić information content (AvgIpc) is 2.29. The summed E-state index contributed by atoms with van der Waals surface area (Å²) in [5, 5.41) is 10.3. The number of aliphatic hydroxyl groups excluding tert-OH is 1. The summed E-state index contributed by atoms with van der Waals surface area (Å²) in [5.74, 6) is 0.481. The van der Waals surface area contributed by atoms with Gasteiger partial charge in [-0.1, -0.05) is 13.8 Å². The number of nitrogens with zero attached hydrogens (tertiary/aromatic N) is 1. The molecule has 0 spiro atoms. The van der Waals surface area contributed by atoms with Gasteiger partial charge in [0, 0.05) is 5.25 Å². The highest BCUT2D eigenvalue weighted by Gasteiger charge is 2.12. The van der Waals surface area contributed by atoms with Gasteiger partial charge >= 0.3 is 0 Å². The highest BCUT2D eigenvalue weighted by molar-refractivity contribution is 7.99. The van der Waals surface area contributed by atoms with Gasteiger partial charge in [0.1, 0.15) is 5.03 Å². The number of ether oxygens (including phenoxy) is 1. The summed E-state index contributed by atoms with van der Waals surface area (Å²) in [4.78, 5) is 4.34. The van der Waals surface area contributed by atoms with Crippen LogP contribution in [0.2, 0.25) is 0 Å². The van der Waals surface area contributed by atoms with Crippen LogP contribution in [0, 0.1) is 0 Å². The first-order valence-electron chi connectivity index (χ1n) is 5.78. The number of aliphatic hydroxyl groups is 1. The molecule has 0 amide bonds. The van der Waals surface area contributed by atoms with Crippen LogP contribution in [0.15, 0.2) is 17.2 Å². The van der Waals surface area contributed by atoms with E-state index in [1.807, 2.05) is 19.9 Å². The molecular formula is C12H20N2O2S. The van der Waals surface area contributed by atoms with Crippen molar-refractivity contribution >= 4 is 17.4 Å². The van der Waals surface area contributed by atoms with E-state index >= 15 is 0 Å². The molecule has 96 valence electrons. The SMILES string of the molecule is CCCOc1nc(SC(C)C(C)O)ccc1N. The van der Waals surface area contributed by atoms with Crippen molar-refractivity contribution in [3.63, 3.8) is 0 Å². The Labute approximate surface area is 107 Å². The van der Waals surface area contributed by atoms with Gasteiger partial charge in [0.25, 0.3) is 0 Å². The molecule has 0 radical (unpaired) electrons. The van der Waals surface area contributed by atoms with E-state index in [1.54, 1.807) is 13.0 Å². The molecule has 4 nitrogen and oxygen atoms in total. The zero-order valence-corrected chi connectivity index (χ0v) is 11.3. The molecule has 1 rings (SSSR count). The monoisotopic (exact) mass is 256 g/mol. The predicted molar refractivity (Wildman–Crippen MR) is 71.4 cm³/mol. The molecule has 2 unspecified atom stereocenters. The molecule has 1 heterocycles. The number of anilines is 1. The minimum atomic E-state index is -0.376. The average molecular weight is 256 g/mol. The number of nitrogen functional groups attached to an aromatic ring is 1. The van der Waals surface area contributed by atoms with Gasteiger partial charge in [-0.3, -0.25) is 0 Å². The van der Waals surface area contributed by atoms with E-state index in [2.05, 4.69) is 4.98 Å². The lowest BCUT2D eigenvalue weighted by Crippen LogP contribution is -2.15. The van der Waals surface area contributed by atoms with Crippen molar-refractivity contribution in [1.82, 2.24) is 4.98 Å². The molecule has 0 aliphatic carbocycles. The molecule has 0 aliphatic rings. The fraction of sp³-hybridized carbons (Fsp3) is 0.583. The zero-order valence-electron chi connectivity index (χ0n) is 10.5. The van der Waals surface area contributed by atoms with Gasteiger partial charge in [-0.2, -0.15) is 0 Å². The van der Waals surface area contributed by atoms with Gasteiger partial charge in [-0.05, 0) is 25.5 Å². The highest BCUT2D eigenvalue weighted by atomic mass is 32.2. The van der Waals surface area contributed by atoms with Crippen molar-refractivity contribution in [2.45, 2.75) is 43.6 Å². The van der Waals surface area contributed by atoms with Gasteiger partial charge in [0.15, 0.2) is 0 Å². The Kier molecular flexibility index (Phi) is 5.58. The standard InChI is InChI=1S/C12H20N2O2S/c1-4-7-16-12-10(13)5-6-11(14-12)17-9(3)8(2)15/h5-6,8-9,15H,4,7,13H2,1-3H3. The molecule has 2 atom stereocenters. The Balaban J connectivity index is 2.74. The first-order valence-corrected chi connectivity index (χ1v) is 6.66. The van der Waals surface area contributed by atoms with Gasteiger partial charge in [0.05, 0.1) is 18.4 Å². The molecule has 5 heteroatoms. The van der Waals surface area contributed by atoms with Crippen LogP contribution in [-0.2, 0) is 0 Å². The quantitative estimate of drug-likeness (QED) is 0.764. The summed E-state index contributed by atoms with van der Waals surface area (Å²) in [6.45, 7) is 6.37.